The van der Waals surface area contributed by atoms with E-state index in [-0.39, 0.29) is 4.90 Å². The van der Waals surface area contributed by atoms with Gasteiger partial charge in [0.05, 0.1) is 11.5 Å². The Kier molecular flexibility index (Phi) is 4.43. The summed E-state index contributed by atoms with van der Waals surface area (Å²) in [5.74, 6) is -0.937. The van der Waals surface area contributed by atoms with Crippen LogP contribution in [0.2, 0.25) is 0 Å². The Balaban J connectivity index is 3.43. The summed E-state index contributed by atoms with van der Waals surface area (Å²) in [5.41, 5.74) is -0.256. The fraction of sp³-hybridized carbons (Fsp3) is 0.500. The third-order valence-corrected chi connectivity index (χ3v) is 5.12. The summed E-state index contributed by atoms with van der Waals surface area (Å²) in [7, 11) is -4.39. The molecule has 5 nitrogen and oxygen atoms in total. The van der Waals surface area contributed by atoms with Crippen molar-refractivity contribution in [3.63, 3.8) is 0 Å². The number of ketones is 1. The van der Waals surface area contributed by atoms with E-state index in [1.165, 1.54) is 32.9 Å². The van der Waals surface area contributed by atoms with Crippen molar-refractivity contribution < 1.29 is 23.4 Å². The maximum atomic E-state index is 12.5. The number of rotatable bonds is 4. The topological polar surface area (TPSA) is 91.7 Å². The molecule has 0 radical (unpaired) electrons. The number of sulfone groups is 1. The van der Waals surface area contributed by atoms with Crippen LogP contribution in [0, 0.1) is 12.3 Å². The lowest BCUT2D eigenvalue weighted by Crippen LogP contribution is -2.54. The molecule has 112 valence electrons. The smallest absolute Gasteiger partial charge is 0.253 e. The molecular weight excluding hydrogens is 280 g/mol. The van der Waals surface area contributed by atoms with Gasteiger partial charge in [-0.25, -0.2) is 8.42 Å². The van der Waals surface area contributed by atoms with E-state index in [2.05, 4.69) is 0 Å². The van der Waals surface area contributed by atoms with Crippen LogP contribution in [0.1, 0.15) is 26.3 Å². The Morgan fingerprint density at radius 2 is 1.60 bits per heavy atom. The van der Waals surface area contributed by atoms with Crippen molar-refractivity contribution >= 4 is 15.6 Å². The van der Waals surface area contributed by atoms with Crippen LogP contribution < -0.4 is 0 Å². The molecule has 20 heavy (non-hydrogen) atoms. The van der Waals surface area contributed by atoms with E-state index < -0.39 is 32.6 Å². The fourth-order valence-electron chi connectivity index (χ4n) is 1.78. The van der Waals surface area contributed by atoms with Gasteiger partial charge in [0.1, 0.15) is 0 Å². The summed E-state index contributed by atoms with van der Waals surface area (Å²) in [6.07, 6.45) is 0. The average molecular weight is 300 g/mol. The second-order valence-corrected chi connectivity index (χ2v) is 7.99. The highest BCUT2D eigenvalue weighted by Gasteiger charge is 2.52. The molecule has 1 aromatic rings. The molecule has 0 aromatic heterocycles. The zero-order valence-electron chi connectivity index (χ0n) is 12.0. The molecule has 0 fully saturated rings. The van der Waals surface area contributed by atoms with Gasteiger partial charge in [-0.1, -0.05) is 38.5 Å². The second-order valence-electron chi connectivity index (χ2n) is 5.84. The van der Waals surface area contributed by atoms with Crippen LogP contribution in [0.15, 0.2) is 29.2 Å². The molecule has 0 heterocycles. The summed E-state index contributed by atoms with van der Waals surface area (Å²) in [6, 6.07) is 5.74. The standard InChI is InChI=1S/C14H20O5S/c1-10-5-7-11(8-6-10)20(18,19)14(17,9-15)12(16)13(2,3)4/h5-8,15,17H,9H2,1-4H3. The summed E-state index contributed by atoms with van der Waals surface area (Å²) in [4.78, 5) is 9.19. The molecule has 1 unspecified atom stereocenters. The summed E-state index contributed by atoms with van der Waals surface area (Å²) < 4.78 is 24.9. The molecule has 0 bridgehead atoms. The maximum Gasteiger partial charge on any atom is 0.253 e. The molecule has 0 aliphatic rings. The van der Waals surface area contributed by atoms with E-state index >= 15 is 0 Å². The molecule has 0 spiro atoms. The van der Waals surface area contributed by atoms with Gasteiger partial charge in [0.2, 0.25) is 9.84 Å². The Labute approximate surface area is 119 Å². The van der Waals surface area contributed by atoms with Crippen LogP contribution in [0.3, 0.4) is 0 Å². The van der Waals surface area contributed by atoms with E-state index in [0.29, 0.717) is 0 Å². The van der Waals surface area contributed by atoms with Gasteiger partial charge in [-0.05, 0) is 19.1 Å². The second kappa shape index (κ2) is 5.27. The van der Waals surface area contributed by atoms with Crippen LogP contribution in [0.25, 0.3) is 0 Å². The summed E-state index contributed by atoms with van der Waals surface area (Å²) in [6.45, 7) is 5.07. The summed E-state index contributed by atoms with van der Waals surface area (Å²) in [5, 5.41) is 19.6. The van der Waals surface area contributed by atoms with Gasteiger partial charge in [0, 0.05) is 5.41 Å². The van der Waals surface area contributed by atoms with Gasteiger partial charge in [-0.15, -0.1) is 0 Å². The zero-order valence-corrected chi connectivity index (χ0v) is 12.9. The molecule has 0 saturated heterocycles. The molecule has 0 amide bonds. The lowest BCUT2D eigenvalue weighted by atomic mass is 9.87. The predicted molar refractivity (Wildman–Crippen MR) is 74.9 cm³/mol. The third kappa shape index (κ3) is 2.77. The van der Waals surface area contributed by atoms with Gasteiger partial charge < -0.3 is 10.2 Å². The van der Waals surface area contributed by atoms with Gasteiger partial charge in [-0.3, -0.25) is 4.79 Å². The average Bonchev–Trinajstić information content (AvgIpc) is 2.36. The van der Waals surface area contributed by atoms with Crippen molar-refractivity contribution in [2.45, 2.75) is 37.5 Å². The maximum absolute atomic E-state index is 12.5. The van der Waals surface area contributed by atoms with Crippen LogP contribution in [0.4, 0.5) is 0 Å². The van der Waals surface area contributed by atoms with Crippen molar-refractivity contribution in [3.8, 4) is 0 Å². The monoisotopic (exact) mass is 300 g/mol. The highest BCUT2D eigenvalue weighted by Crippen LogP contribution is 2.31. The Morgan fingerprint density at radius 1 is 1.15 bits per heavy atom. The number of benzene rings is 1. The Hall–Kier alpha value is -1.24. The lowest BCUT2D eigenvalue weighted by molar-refractivity contribution is -0.140. The molecule has 2 N–H and O–H groups in total. The first-order chi connectivity index (χ1) is 8.96. The first-order valence-corrected chi connectivity index (χ1v) is 7.64. The van der Waals surface area contributed by atoms with Crippen molar-refractivity contribution in [1.82, 2.24) is 0 Å². The van der Waals surface area contributed by atoms with Crippen LogP contribution >= 0.6 is 0 Å². The normalized spacial score (nSPS) is 15.7. The van der Waals surface area contributed by atoms with Gasteiger partial charge in [-0.2, -0.15) is 0 Å². The van der Waals surface area contributed by atoms with Crippen LogP contribution in [-0.4, -0.2) is 36.0 Å². The fourth-order valence-corrected chi connectivity index (χ4v) is 3.38. The minimum atomic E-state index is -4.39. The Morgan fingerprint density at radius 3 is 1.95 bits per heavy atom. The lowest BCUT2D eigenvalue weighted by Gasteiger charge is -2.30. The van der Waals surface area contributed by atoms with E-state index in [1.54, 1.807) is 19.1 Å². The SMILES string of the molecule is Cc1ccc(S(=O)(=O)C(O)(CO)C(=O)C(C)(C)C)cc1. The number of Topliss-reactive ketones (excluding diaryl/α,β-unsaturated/α-hetero) is 1. The highest BCUT2D eigenvalue weighted by atomic mass is 32.2. The number of aliphatic hydroxyl groups excluding tert-OH is 1. The van der Waals surface area contributed by atoms with E-state index in [9.17, 15) is 23.4 Å². The number of carbonyl (C=O) groups is 1. The van der Waals surface area contributed by atoms with Crippen molar-refractivity contribution in [3.05, 3.63) is 29.8 Å². The molecule has 6 heteroatoms. The van der Waals surface area contributed by atoms with Crippen molar-refractivity contribution in [2.24, 2.45) is 5.41 Å². The van der Waals surface area contributed by atoms with Crippen molar-refractivity contribution in [2.75, 3.05) is 6.61 Å². The number of hydrogen-bond acceptors (Lipinski definition) is 5. The Bertz CT molecular complexity index is 595. The first-order valence-electron chi connectivity index (χ1n) is 6.16. The minimum absolute atomic E-state index is 0.197. The molecule has 1 rings (SSSR count). The predicted octanol–water partition coefficient (Wildman–Crippen LogP) is 1.06. The van der Waals surface area contributed by atoms with Crippen LogP contribution in [-0.2, 0) is 14.6 Å². The zero-order chi connectivity index (χ0) is 15.8. The molecule has 1 atom stereocenters. The number of carbonyl (C=O) groups excluding carboxylic acids is 1. The molecule has 1 aromatic carbocycles. The summed E-state index contributed by atoms with van der Waals surface area (Å²) >= 11 is 0. The molecule has 0 aliphatic carbocycles. The number of hydrogen-bond donors (Lipinski definition) is 2. The van der Waals surface area contributed by atoms with Gasteiger partial charge in [0.15, 0.2) is 5.78 Å². The van der Waals surface area contributed by atoms with Gasteiger partial charge in [0.25, 0.3) is 4.93 Å². The molecular formula is C14H20O5S. The van der Waals surface area contributed by atoms with E-state index in [1.807, 2.05) is 0 Å². The quantitative estimate of drug-likeness (QED) is 0.867. The largest absolute Gasteiger partial charge is 0.392 e. The minimum Gasteiger partial charge on any atom is -0.392 e. The highest BCUT2D eigenvalue weighted by molar-refractivity contribution is 7.93. The molecule has 0 saturated carbocycles. The van der Waals surface area contributed by atoms with Crippen LogP contribution in [0.5, 0.6) is 0 Å². The van der Waals surface area contributed by atoms with E-state index in [4.69, 9.17) is 0 Å². The van der Waals surface area contributed by atoms with Gasteiger partial charge >= 0.3 is 0 Å². The molecule has 0 aliphatic heterocycles. The van der Waals surface area contributed by atoms with E-state index in [0.717, 1.165) is 5.56 Å². The third-order valence-electron chi connectivity index (χ3n) is 3.03. The first kappa shape index (κ1) is 16.8. The van der Waals surface area contributed by atoms with Crippen molar-refractivity contribution in [1.29, 1.82) is 0 Å². The number of aryl methyl sites for hydroxylation is 1. The number of aliphatic hydroxyl groups is 2.